The van der Waals surface area contributed by atoms with E-state index in [1.54, 1.807) is 0 Å². The summed E-state index contributed by atoms with van der Waals surface area (Å²) < 4.78 is 43.2. The SMILES string of the molecule is COC(=O)c1cnc(N[C@H](C)CN2CCOCC2)c(S(=O)(=O)N2CCOCC2)c1. The molecule has 1 aromatic heterocycles. The molecule has 10 nitrogen and oxygen atoms in total. The van der Waals surface area contributed by atoms with E-state index in [0.29, 0.717) is 26.4 Å². The highest BCUT2D eigenvalue weighted by atomic mass is 32.2. The van der Waals surface area contributed by atoms with Crippen LogP contribution in [-0.2, 0) is 24.2 Å². The zero-order valence-corrected chi connectivity index (χ0v) is 17.6. The summed E-state index contributed by atoms with van der Waals surface area (Å²) in [5.41, 5.74) is 0.0886. The fourth-order valence-electron chi connectivity index (χ4n) is 3.36. The van der Waals surface area contributed by atoms with E-state index in [-0.39, 0.29) is 35.4 Å². The number of sulfonamides is 1. The van der Waals surface area contributed by atoms with Crippen molar-refractivity contribution in [3.05, 3.63) is 17.8 Å². The van der Waals surface area contributed by atoms with Crippen LogP contribution in [0.5, 0.6) is 0 Å². The molecule has 0 spiro atoms. The summed E-state index contributed by atoms with van der Waals surface area (Å²) in [6, 6.07) is 1.27. The molecule has 1 aromatic rings. The van der Waals surface area contributed by atoms with Gasteiger partial charge in [0.25, 0.3) is 0 Å². The van der Waals surface area contributed by atoms with Gasteiger partial charge in [0, 0.05) is 45.0 Å². The molecule has 3 heterocycles. The number of esters is 1. The maximum absolute atomic E-state index is 13.3. The molecule has 2 aliphatic heterocycles. The molecule has 1 N–H and O–H groups in total. The fourth-order valence-corrected chi connectivity index (χ4v) is 4.90. The van der Waals surface area contributed by atoms with Crippen LogP contribution in [0, 0.1) is 0 Å². The number of aromatic nitrogens is 1. The quantitative estimate of drug-likeness (QED) is 0.601. The minimum absolute atomic E-state index is 0.0314. The van der Waals surface area contributed by atoms with Crippen LogP contribution < -0.4 is 5.32 Å². The van der Waals surface area contributed by atoms with Crippen molar-refractivity contribution in [2.75, 3.05) is 71.6 Å². The second-order valence-corrected chi connectivity index (χ2v) is 8.94. The summed E-state index contributed by atoms with van der Waals surface area (Å²) in [6.45, 7) is 6.92. The Morgan fingerprint density at radius 2 is 1.83 bits per heavy atom. The molecular weight excluding hydrogens is 400 g/mol. The molecule has 0 amide bonds. The Labute approximate surface area is 171 Å². The average Bonchev–Trinajstić information content (AvgIpc) is 2.74. The molecule has 0 bridgehead atoms. The number of hydrogen-bond acceptors (Lipinski definition) is 9. The standard InChI is InChI=1S/C18H28N4O6S/c1-14(13-21-3-7-27-8-4-21)20-17-16(11-15(12-19-17)18(23)26-2)29(24,25)22-5-9-28-10-6-22/h11-12,14H,3-10,13H2,1-2H3,(H,19,20)/t14-/m1/s1. The third-order valence-electron chi connectivity index (χ3n) is 4.88. The van der Waals surface area contributed by atoms with E-state index in [0.717, 1.165) is 19.6 Å². The third kappa shape index (κ3) is 5.43. The molecule has 2 aliphatic rings. The number of nitrogens with one attached hydrogen (secondary N) is 1. The average molecular weight is 429 g/mol. The maximum atomic E-state index is 13.3. The van der Waals surface area contributed by atoms with Gasteiger partial charge in [0.15, 0.2) is 0 Å². The van der Waals surface area contributed by atoms with Crippen molar-refractivity contribution >= 4 is 21.8 Å². The number of morpholine rings is 2. The Bertz CT molecular complexity index is 807. The Morgan fingerprint density at radius 1 is 1.21 bits per heavy atom. The van der Waals surface area contributed by atoms with E-state index in [9.17, 15) is 13.2 Å². The van der Waals surface area contributed by atoms with Crippen molar-refractivity contribution in [3.8, 4) is 0 Å². The van der Waals surface area contributed by atoms with Crippen LogP contribution in [-0.4, -0.2) is 101 Å². The molecule has 0 aliphatic carbocycles. The molecule has 0 unspecified atom stereocenters. The third-order valence-corrected chi connectivity index (χ3v) is 6.79. The van der Waals surface area contributed by atoms with Gasteiger partial charge < -0.3 is 19.5 Å². The molecule has 162 valence electrons. The molecular formula is C18H28N4O6S. The number of ether oxygens (including phenoxy) is 3. The van der Waals surface area contributed by atoms with Gasteiger partial charge in [-0.3, -0.25) is 4.90 Å². The maximum Gasteiger partial charge on any atom is 0.339 e. The van der Waals surface area contributed by atoms with Gasteiger partial charge in [-0.25, -0.2) is 18.2 Å². The van der Waals surface area contributed by atoms with Gasteiger partial charge in [-0.15, -0.1) is 0 Å². The lowest BCUT2D eigenvalue weighted by Gasteiger charge is -2.30. The van der Waals surface area contributed by atoms with Gasteiger partial charge in [-0.05, 0) is 13.0 Å². The van der Waals surface area contributed by atoms with E-state index in [1.165, 1.54) is 23.7 Å². The Hall–Kier alpha value is -1.79. The molecule has 3 rings (SSSR count). The summed E-state index contributed by atoms with van der Waals surface area (Å²) in [4.78, 5) is 18.4. The van der Waals surface area contributed by atoms with Crippen molar-refractivity contribution < 1.29 is 27.4 Å². The number of hydrogen-bond donors (Lipinski definition) is 1. The van der Waals surface area contributed by atoms with Gasteiger partial charge in [0.2, 0.25) is 10.0 Å². The highest BCUT2D eigenvalue weighted by molar-refractivity contribution is 7.89. The number of pyridine rings is 1. The zero-order chi connectivity index (χ0) is 20.9. The summed E-state index contributed by atoms with van der Waals surface area (Å²) in [7, 11) is -2.60. The van der Waals surface area contributed by atoms with Gasteiger partial charge in [-0.2, -0.15) is 4.31 Å². The number of carbonyl (C=O) groups excluding carboxylic acids is 1. The van der Waals surface area contributed by atoms with E-state index in [1.807, 2.05) is 6.92 Å². The topological polar surface area (TPSA) is 110 Å². The first-order chi connectivity index (χ1) is 13.9. The lowest BCUT2D eigenvalue weighted by molar-refractivity contribution is 0.0368. The lowest BCUT2D eigenvalue weighted by Crippen LogP contribution is -2.43. The first-order valence-electron chi connectivity index (χ1n) is 9.64. The minimum atomic E-state index is -3.85. The second kappa shape index (κ2) is 9.81. The Kier molecular flexibility index (Phi) is 7.41. The first-order valence-corrected chi connectivity index (χ1v) is 11.1. The van der Waals surface area contributed by atoms with Crippen molar-refractivity contribution in [3.63, 3.8) is 0 Å². The Morgan fingerprint density at radius 3 is 2.45 bits per heavy atom. The van der Waals surface area contributed by atoms with Gasteiger partial charge >= 0.3 is 5.97 Å². The molecule has 0 radical (unpaired) electrons. The van der Waals surface area contributed by atoms with Gasteiger partial charge in [0.1, 0.15) is 10.7 Å². The van der Waals surface area contributed by atoms with Crippen LogP contribution in [0.3, 0.4) is 0 Å². The Balaban J connectivity index is 1.85. The molecule has 1 atom stereocenters. The van der Waals surface area contributed by atoms with Crippen molar-refractivity contribution in [2.45, 2.75) is 17.9 Å². The molecule has 29 heavy (non-hydrogen) atoms. The number of methoxy groups -OCH3 is 1. The van der Waals surface area contributed by atoms with Crippen LogP contribution in [0.2, 0.25) is 0 Å². The van der Waals surface area contributed by atoms with Crippen LogP contribution in [0.25, 0.3) is 0 Å². The number of nitrogens with zero attached hydrogens (tertiary/aromatic N) is 3. The van der Waals surface area contributed by atoms with Crippen molar-refractivity contribution in [1.29, 1.82) is 0 Å². The summed E-state index contributed by atoms with van der Waals surface area (Å²) in [5.74, 6) is -0.409. The predicted molar refractivity (Wildman–Crippen MR) is 105 cm³/mol. The smallest absolute Gasteiger partial charge is 0.339 e. The van der Waals surface area contributed by atoms with Crippen molar-refractivity contribution in [1.82, 2.24) is 14.2 Å². The van der Waals surface area contributed by atoms with Crippen LogP contribution in [0.15, 0.2) is 17.2 Å². The molecule has 0 aromatic carbocycles. The normalized spacial score (nSPS) is 20.2. The summed E-state index contributed by atoms with van der Waals surface area (Å²) in [5, 5.41) is 3.20. The molecule has 11 heteroatoms. The molecule has 2 saturated heterocycles. The number of anilines is 1. The van der Waals surface area contributed by atoms with E-state index >= 15 is 0 Å². The monoisotopic (exact) mass is 428 g/mol. The predicted octanol–water partition coefficient (Wildman–Crippen LogP) is 0.0217. The molecule has 0 saturated carbocycles. The highest BCUT2D eigenvalue weighted by Crippen LogP contribution is 2.26. The lowest BCUT2D eigenvalue weighted by atomic mass is 10.2. The summed E-state index contributed by atoms with van der Waals surface area (Å²) in [6.07, 6.45) is 1.33. The zero-order valence-electron chi connectivity index (χ0n) is 16.8. The fraction of sp³-hybridized carbons (Fsp3) is 0.667. The highest BCUT2D eigenvalue weighted by Gasteiger charge is 2.31. The van der Waals surface area contributed by atoms with Gasteiger partial charge in [-0.1, -0.05) is 0 Å². The minimum Gasteiger partial charge on any atom is -0.465 e. The first kappa shape index (κ1) is 21.9. The van der Waals surface area contributed by atoms with Crippen molar-refractivity contribution in [2.24, 2.45) is 0 Å². The number of rotatable bonds is 7. The van der Waals surface area contributed by atoms with E-state index < -0.39 is 16.0 Å². The second-order valence-electron chi connectivity index (χ2n) is 7.04. The van der Waals surface area contributed by atoms with Crippen LogP contribution in [0.1, 0.15) is 17.3 Å². The van der Waals surface area contributed by atoms with Gasteiger partial charge in [0.05, 0.1) is 39.1 Å². The van der Waals surface area contributed by atoms with Crippen LogP contribution in [0.4, 0.5) is 5.82 Å². The van der Waals surface area contributed by atoms with E-state index in [2.05, 4.69) is 15.2 Å². The van der Waals surface area contributed by atoms with E-state index in [4.69, 9.17) is 14.2 Å². The van der Waals surface area contributed by atoms with Crippen LogP contribution >= 0.6 is 0 Å². The largest absolute Gasteiger partial charge is 0.465 e. The summed E-state index contributed by atoms with van der Waals surface area (Å²) >= 11 is 0. The molecule has 2 fully saturated rings. The number of carbonyl (C=O) groups is 1.